The zero-order valence-corrected chi connectivity index (χ0v) is 9.95. The lowest BCUT2D eigenvalue weighted by Gasteiger charge is -2.30. The first-order valence-electron chi connectivity index (χ1n) is 6.23. The van der Waals surface area contributed by atoms with Crippen molar-refractivity contribution in [1.82, 2.24) is 0 Å². The minimum atomic E-state index is -0.391. The Hall–Kier alpha value is -1.38. The molecule has 1 aliphatic carbocycles. The van der Waals surface area contributed by atoms with E-state index in [-0.39, 0.29) is 11.3 Å². The third-order valence-electron chi connectivity index (χ3n) is 4.06. The fraction of sp³-hybridized carbons (Fsp3) is 0.500. The monoisotopic (exact) mass is 233 g/mol. The summed E-state index contributed by atoms with van der Waals surface area (Å²) in [5, 5.41) is 0. The number of anilines is 1. The summed E-state index contributed by atoms with van der Waals surface area (Å²) in [6, 6.07) is 5.46. The van der Waals surface area contributed by atoms with Crippen LogP contribution in [-0.2, 0) is 0 Å². The van der Waals surface area contributed by atoms with Gasteiger partial charge >= 0.3 is 0 Å². The number of Topliss-reactive ketones (excluding diaryl/α,β-unsaturated/α-hetero) is 1. The number of benzene rings is 1. The van der Waals surface area contributed by atoms with E-state index in [0.29, 0.717) is 6.04 Å². The van der Waals surface area contributed by atoms with Crippen molar-refractivity contribution in [3.63, 3.8) is 0 Å². The molecule has 1 saturated heterocycles. The first-order valence-corrected chi connectivity index (χ1v) is 6.23. The summed E-state index contributed by atoms with van der Waals surface area (Å²) in [4.78, 5) is 13.8. The SMILES string of the molecule is CC(=O)c1c(F)cccc1N1CC2CCC1C2. The van der Waals surface area contributed by atoms with Gasteiger partial charge in [0.15, 0.2) is 5.78 Å². The normalized spacial score (nSPS) is 26.6. The van der Waals surface area contributed by atoms with Gasteiger partial charge in [-0.05, 0) is 44.2 Å². The number of rotatable bonds is 2. The van der Waals surface area contributed by atoms with Crippen molar-refractivity contribution in [1.29, 1.82) is 0 Å². The molecule has 3 rings (SSSR count). The number of hydrogen-bond donors (Lipinski definition) is 0. The number of fused-ring (bicyclic) bond motifs is 2. The first kappa shape index (κ1) is 10.8. The molecule has 1 aliphatic heterocycles. The maximum atomic E-state index is 13.7. The van der Waals surface area contributed by atoms with E-state index in [1.54, 1.807) is 6.07 Å². The fourth-order valence-electron chi connectivity index (χ4n) is 3.32. The van der Waals surface area contributed by atoms with Crippen molar-refractivity contribution < 1.29 is 9.18 Å². The molecule has 0 aromatic heterocycles. The van der Waals surface area contributed by atoms with Crippen LogP contribution in [0.15, 0.2) is 18.2 Å². The van der Waals surface area contributed by atoms with Gasteiger partial charge < -0.3 is 4.90 Å². The molecule has 0 radical (unpaired) electrons. The third-order valence-corrected chi connectivity index (χ3v) is 4.06. The van der Waals surface area contributed by atoms with Crippen molar-refractivity contribution in [2.24, 2.45) is 5.92 Å². The highest BCUT2D eigenvalue weighted by atomic mass is 19.1. The van der Waals surface area contributed by atoms with Crippen LogP contribution in [0.1, 0.15) is 36.5 Å². The van der Waals surface area contributed by atoms with Gasteiger partial charge in [0, 0.05) is 12.6 Å². The van der Waals surface area contributed by atoms with Crippen LogP contribution < -0.4 is 4.90 Å². The zero-order chi connectivity index (χ0) is 12.0. The molecule has 1 heterocycles. The van der Waals surface area contributed by atoms with E-state index in [1.165, 1.54) is 32.3 Å². The minimum Gasteiger partial charge on any atom is -0.368 e. The van der Waals surface area contributed by atoms with E-state index in [2.05, 4.69) is 4.90 Å². The molecule has 3 heteroatoms. The van der Waals surface area contributed by atoms with E-state index >= 15 is 0 Å². The van der Waals surface area contributed by atoms with Crippen LogP contribution in [0, 0.1) is 11.7 Å². The summed E-state index contributed by atoms with van der Waals surface area (Å²) < 4.78 is 13.7. The Morgan fingerprint density at radius 2 is 2.24 bits per heavy atom. The molecule has 2 aliphatic rings. The predicted octanol–water partition coefficient (Wildman–Crippen LogP) is 3.02. The third kappa shape index (κ3) is 1.65. The highest BCUT2D eigenvalue weighted by Gasteiger charge is 2.39. The molecule has 2 unspecified atom stereocenters. The van der Waals surface area contributed by atoms with Gasteiger partial charge in [-0.3, -0.25) is 4.79 Å². The van der Waals surface area contributed by atoms with Gasteiger partial charge in [0.1, 0.15) is 5.82 Å². The van der Waals surface area contributed by atoms with Crippen molar-refractivity contribution in [2.45, 2.75) is 32.2 Å². The Morgan fingerprint density at radius 3 is 2.82 bits per heavy atom. The Morgan fingerprint density at radius 1 is 1.41 bits per heavy atom. The predicted molar refractivity (Wildman–Crippen MR) is 64.9 cm³/mol. The number of halogens is 1. The molecular formula is C14H16FNO. The first-order chi connectivity index (χ1) is 8.16. The molecule has 17 heavy (non-hydrogen) atoms. The fourth-order valence-corrected chi connectivity index (χ4v) is 3.32. The topological polar surface area (TPSA) is 20.3 Å². The molecule has 0 N–H and O–H groups in total. The molecule has 1 saturated carbocycles. The van der Waals surface area contributed by atoms with Gasteiger partial charge in [-0.15, -0.1) is 0 Å². The summed E-state index contributed by atoms with van der Waals surface area (Å²) in [6.07, 6.45) is 3.66. The quantitative estimate of drug-likeness (QED) is 0.732. The lowest BCUT2D eigenvalue weighted by Crippen LogP contribution is -2.33. The zero-order valence-electron chi connectivity index (χ0n) is 9.95. The Labute approximate surface area is 100 Å². The summed E-state index contributed by atoms with van der Waals surface area (Å²) in [6.45, 7) is 2.42. The number of carbonyl (C=O) groups excluding carboxylic acids is 1. The molecule has 90 valence electrons. The molecule has 0 spiro atoms. The highest BCUT2D eigenvalue weighted by molar-refractivity contribution is 6.00. The van der Waals surface area contributed by atoms with Gasteiger partial charge in [0.2, 0.25) is 0 Å². The summed E-state index contributed by atoms with van der Waals surface area (Å²) >= 11 is 0. The summed E-state index contributed by atoms with van der Waals surface area (Å²) in [7, 11) is 0. The van der Waals surface area contributed by atoms with Gasteiger partial charge in [0.05, 0.1) is 11.3 Å². The van der Waals surface area contributed by atoms with Crippen molar-refractivity contribution in [2.75, 3.05) is 11.4 Å². The van der Waals surface area contributed by atoms with E-state index in [9.17, 15) is 9.18 Å². The second-order valence-corrected chi connectivity index (χ2v) is 5.18. The lowest BCUT2D eigenvalue weighted by molar-refractivity contribution is 0.101. The van der Waals surface area contributed by atoms with E-state index in [0.717, 1.165) is 18.2 Å². The molecule has 1 aromatic rings. The highest BCUT2D eigenvalue weighted by Crippen LogP contribution is 2.41. The average molecular weight is 233 g/mol. The van der Waals surface area contributed by atoms with Crippen molar-refractivity contribution in [3.8, 4) is 0 Å². The van der Waals surface area contributed by atoms with E-state index < -0.39 is 5.82 Å². The van der Waals surface area contributed by atoms with Gasteiger partial charge in [-0.25, -0.2) is 4.39 Å². The number of carbonyl (C=O) groups is 1. The maximum Gasteiger partial charge on any atom is 0.164 e. The van der Waals surface area contributed by atoms with Crippen LogP contribution in [-0.4, -0.2) is 18.4 Å². The standard InChI is InChI=1S/C14H16FNO/c1-9(17)14-12(15)3-2-4-13(14)16-8-10-5-6-11(16)7-10/h2-4,10-11H,5-8H2,1H3. The number of ketones is 1. The van der Waals surface area contributed by atoms with Gasteiger partial charge in [-0.1, -0.05) is 6.07 Å². The smallest absolute Gasteiger partial charge is 0.164 e. The Bertz CT molecular complexity index is 471. The summed E-state index contributed by atoms with van der Waals surface area (Å²) in [5.41, 5.74) is 1.06. The van der Waals surface area contributed by atoms with Gasteiger partial charge in [-0.2, -0.15) is 0 Å². The van der Waals surface area contributed by atoms with E-state index in [1.807, 2.05) is 6.07 Å². The summed E-state index contributed by atoms with van der Waals surface area (Å²) in [5.74, 6) is 0.168. The molecule has 1 aromatic carbocycles. The number of nitrogens with zero attached hydrogens (tertiary/aromatic N) is 1. The lowest BCUT2D eigenvalue weighted by atomic mass is 10.0. The van der Waals surface area contributed by atoms with Crippen LogP contribution >= 0.6 is 0 Å². The number of piperidine rings is 1. The second kappa shape index (κ2) is 3.83. The van der Waals surface area contributed by atoms with Gasteiger partial charge in [0.25, 0.3) is 0 Å². The molecule has 2 nitrogen and oxygen atoms in total. The molecular weight excluding hydrogens is 217 g/mol. The van der Waals surface area contributed by atoms with Crippen molar-refractivity contribution in [3.05, 3.63) is 29.6 Å². The van der Waals surface area contributed by atoms with Crippen LogP contribution in [0.5, 0.6) is 0 Å². The average Bonchev–Trinajstić information content (AvgIpc) is 2.89. The number of hydrogen-bond acceptors (Lipinski definition) is 2. The Balaban J connectivity index is 2.03. The second-order valence-electron chi connectivity index (χ2n) is 5.18. The van der Waals surface area contributed by atoms with Crippen LogP contribution in [0.4, 0.5) is 10.1 Å². The van der Waals surface area contributed by atoms with E-state index in [4.69, 9.17) is 0 Å². The maximum absolute atomic E-state index is 13.7. The molecule has 2 bridgehead atoms. The van der Waals surface area contributed by atoms with Crippen LogP contribution in [0.3, 0.4) is 0 Å². The van der Waals surface area contributed by atoms with Crippen LogP contribution in [0.2, 0.25) is 0 Å². The van der Waals surface area contributed by atoms with Crippen LogP contribution in [0.25, 0.3) is 0 Å². The molecule has 2 fully saturated rings. The molecule has 0 amide bonds. The minimum absolute atomic E-state index is 0.180. The largest absolute Gasteiger partial charge is 0.368 e. The Kier molecular flexibility index (Phi) is 2.42. The van der Waals surface area contributed by atoms with Crippen molar-refractivity contribution >= 4 is 11.5 Å². The molecule has 2 atom stereocenters.